The molecule has 2 aliphatic rings. The first-order chi connectivity index (χ1) is 16.1. The SMILES string of the molecule is O=C(Cn1nc(-c2ccccc2)ccc1=O)NCCN1C[C@H]2C[C@@H](C1)c1cccc(=O)n1C2. The third-order valence-electron chi connectivity index (χ3n) is 6.54. The van der Waals surface area contributed by atoms with Crippen LogP contribution in [0, 0.1) is 5.92 Å². The molecule has 2 aromatic heterocycles. The number of hydrogen-bond acceptors (Lipinski definition) is 5. The second-order valence-corrected chi connectivity index (χ2v) is 8.89. The molecule has 2 bridgehead atoms. The quantitative estimate of drug-likeness (QED) is 0.618. The maximum absolute atomic E-state index is 12.5. The van der Waals surface area contributed by atoms with Crippen LogP contribution >= 0.6 is 0 Å². The molecule has 1 amide bonds. The summed E-state index contributed by atoms with van der Waals surface area (Å²) in [6.45, 7) is 3.71. The predicted molar refractivity (Wildman–Crippen MR) is 125 cm³/mol. The van der Waals surface area contributed by atoms with Crippen molar-refractivity contribution >= 4 is 5.91 Å². The van der Waals surface area contributed by atoms with E-state index in [0.29, 0.717) is 24.1 Å². The van der Waals surface area contributed by atoms with Crippen molar-refractivity contribution in [1.82, 2.24) is 24.6 Å². The molecule has 1 saturated heterocycles. The number of hydrogen-bond donors (Lipinski definition) is 1. The Morgan fingerprint density at radius 2 is 1.79 bits per heavy atom. The smallest absolute Gasteiger partial charge is 0.267 e. The van der Waals surface area contributed by atoms with E-state index in [-0.39, 0.29) is 23.6 Å². The summed E-state index contributed by atoms with van der Waals surface area (Å²) in [5.41, 5.74) is 2.45. The Balaban J connectivity index is 1.16. The Labute approximate surface area is 191 Å². The monoisotopic (exact) mass is 445 g/mol. The molecular weight excluding hydrogens is 418 g/mol. The molecule has 0 aliphatic carbocycles. The molecule has 8 nitrogen and oxygen atoms in total. The van der Waals surface area contributed by atoms with Crippen LogP contribution in [0.1, 0.15) is 18.0 Å². The number of fused-ring (bicyclic) bond motifs is 4. The molecule has 2 aliphatic heterocycles. The van der Waals surface area contributed by atoms with Crippen LogP contribution in [0.15, 0.2) is 70.3 Å². The molecule has 170 valence electrons. The van der Waals surface area contributed by atoms with E-state index >= 15 is 0 Å². The van der Waals surface area contributed by atoms with E-state index < -0.39 is 0 Å². The molecule has 1 N–H and O–H groups in total. The van der Waals surface area contributed by atoms with Gasteiger partial charge in [0.05, 0.1) is 5.69 Å². The summed E-state index contributed by atoms with van der Waals surface area (Å²) in [4.78, 5) is 39.2. The summed E-state index contributed by atoms with van der Waals surface area (Å²) in [5.74, 6) is 0.574. The van der Waals surface area contributed by atoms with Gasteiger partial charge in [-0.2, -0.15) is 5.10 Å². The third kappa shape index (κ3) is 4.66. The van der Waals surface area contributed by atoms with Gasteiger partial charge in [0.25, 0.3) is 11.1 Å². The van der Waals surface area contributed by atoms with Gasteiger partial charge in [-0.3, -0.25) is 14.4 Å². The van der Waals surface area contributed by atoms with Crippen LogP contribution in [-0.2, 0) is 17.9 Å². The molecule has 0 radical (unpaired) electrons. The van der Waals surface area contributed by atoms with E-state index in [0.717, 1.165) is 43.9 Å². The van der Waals surface area contributed by atoms with Gasteiger partial charge in [0.15, 0.2) is 0 Å². The van der Waals surface area contributed by atoms with Crippen molar-refractivity contribution in [2.75, 3.05) is 26.2 Å². The van der Waals surface area contributed by atoms with Crippen LogP contribution in [-0.4, -0.2) is 51.3 Å². The number of amides is 1. The molecule has 5 rings (SSSR count). The van der Waals surface area contributed by atoms with Gasteiger partial charge in [0.2, 0.25) is 5.91 Å². The summed E-state index contributed by atoms with van der Waals surface area (Å²) in [6, 6.07) is 18.2. The minimum atomic E-state index is -0.303. The van der Waals surface area contributed by atoms with Gasteiger partial charge in [0, 0.05) is 62.0 Å². The lowest BCUT2D eigenvalue weighted by Gasteiger charge is -2.42. The van der Waals surface area contributed by atoms with Crippen molar-refractivity contribution in [2.45, 2.75) is 25.4 Å². The molecule has 0 saturated carbocycles. The molecule has 4 heterocycles. The van der Waals surface area contributed by atoms with Gasteiger partial charge in [-0.1, -0.05) is 36.4 Å². The molecule has 8 heteroatoms. The van der Waals surface area contributed by atoms with Crippen molar-refractivity contribution < 1.29 is 4.79 Å². The predicted octanol–water partition coefficient (Wildman–Crippen LogP) is 1.31. The first kappa shape index (κ1) is 21.3. The van der Waals surface area contributed by atoms with Crippen LogP contribution < -0.4 is 16.4 Å². The number of benzene rings is 1. The fourth-order valence-electron chi connectivity index (χ4n) is 5.05. The second-order valence-electron chi connectivity index (χ2n) is 8.89. The van der Waals surface area contributed by atoms with E-state index in [1.807, 2.05) is 41.0 Å². The van der Waals surface area contributed by atoms with E-state index in [1.54, 1.807) is 12.1 Å². The van der Waals surface area contributed by atoms with Crippen molar-refractivity contribution in [3.63, 3.8) is 0 Å². The minimum Gasteiger partial charge on any atom is -0.353 e. The molecule has 33 heavy (non-hydrogen) atoms. The zero-order valence-electron chi connectivity index (χ0n) is 18.4. The van der Waals surface area contributed by atoms with E-state index in [4.69, 9.17) is 0 Å². The van der Waals surface area contributed by atoms with Crippen LogP contribution in [0.5, 0.6) is 0 Å². The Hall–Kier alpha value is -3.52. The largest absolute Gasteiger partial charge is 0.353 e. The maximum Gasteiger partial charge on any atom is 0.267 e. The lowest BCUT2D eigenvalue weighted by atomic mass is 9.83. The highest BCUT2D eigenvalue weighted by molar-refractivity contribution is 5.75. The van der Waals surface area contributed by atoms with Crippen molar-refractivity contribution in [3.05, 3.63) is 87.1 Å². The van der Waals surface area contributed by atoms with E-state index in [2.05, 4.69) is 21.4 Å². The van der Waals surface area contributed by atoms with Gasteiger partial charge in [-0.15, -0.1) is 0 Å². The number of pyridine rings is 1. The number of likely N-dealkylation sites (tertiary alicyclic amines) is 1. The second kappa shape index (κ2) is 9.15. The van der Waals surface area contributed by atoms with Crippen LogP contribution in [0.3, 0.4) is 0 Å². The van der Waals surface area contributed by atoms with Gasteiger partial charge >= 0.3 is 0 Å². The Kier molecular flexibility index (Phi) is 5.92. The van der Waals surface area contributed by atoms with Crippen molar-refractivity contribution in [1.29, 1.82) is 0 Å². The average molecular weight is 446 g/mol. The first-order valence-electron chi connectivity index (χ1n) is 11.4. The van der Waals surface area contributed by atoms with Gasteiger partial charge in [-0.25, -0.2) is 4.68 Å². The van der Waals surface area contributed by atoms with Gasteiger partial charge < -0.3 is 14.8 Å². The summed E-state index contributed by atoms with van der Waals surface area (Å²) >= 11 is 0. The number of carbonyl (C=O) groups excluding carboxylic acids is 1. The number of aromatic nitrogens is 3. The number of nitrogens with zero attached hydrogens (tertiary/aromatic N) is 4. The zero-order chi connectivity index (χ0) is 22.8. The lowest BCUT2D eigenvalue weighted by Crippen LogP contribution is -2.49. The standard InChI is InChI=1S/C25H27N5O3/c31-23(17-30-25(33)10-9-21(27-30)19-5-2-1-3-6-19)26-11-12-28-14-18-13-20(16-28)22-7-4-8-24(32)29(22)15-18/h1-10,18,20H,11-17H2,(H,26,31)/t18-,20+/m1/s1. The van der Waals surface area contributed by atoms with E-state index in [9.17, 15) is 14.4 Å². The van der Waals surface area contributed by atoms with Crippen LogP contribution in [0.25, 0.3) is 11.3 Å². The summed E-state index contributed by atoms with van der Waals surface area (Å²) in [6.07, 6.45) is 1.11. The fourth-order valence-corrected chi connectivity index (χ4v) is 5.05. The van der Waals surface area contributed by atoms with Crippen molar-refractivity contribution in [2.24, 2.45) is 5.92 Å². The summed E-state index contributed by atoms with van der Waals surface area (Å²) in [7, 11) is 0. The molecule has 1 aromatic carbocycles. The first-order valence-corrected chi connectivity index (χ1v) is 11.4. The molecule has 2 atom stereocenters. The molecule has 0 spiro atoms. The molecule has 0 unspecified atom stereocenters. The van der Waals surface area contributed by atoms with E-state index in [1.165, 1.54) is 10.7 Å². The number of carbonyl (C=O) groups is 1. The highest BCUT2D eigenvalue weighted by Crippen LogP contribution is 2.34. The highest BCUT2D eigenvalue weighted by atomic mass is 16.2. The number of piperidine rings is 1. The molecule has 1 fully saturated rings. The average Bonchev–Trinajstić information content (AvgIpc) is 2.82. The Morgan fingerprint density at radius 1 is 0.939 bits per heavy atom. The van der Waals surface area contributed by atoms with Crippen molar-refractivity contribution in [3.8, 4) is 11.3 Å². The topological polar surface area (TPSA) is 89.2 Å². The normalized spacial score (nSPS) is 19.6. The lowest BCUT2D eigenvalue weighted by molar-refractivity contribution is -0.122. The highest BCUT2D eigenvalue weighted by Gasteiger charge is 2.34. The maximum atomic E-state index is 12.5. The zero-order valence-corrected chi connectivity index (χ0v) is 18.4. The van der Waals surface area contributed by atoms with Gasteiger partial charge in [0.1, 0.15) is 6.54 Å². The summed E-state index contributed by atoms with van der Waals surface area (Å²) in [5, 5.41) is 7.28. The molecular formula is C25H27N5O3. The Morgan fingerprint density at radius 3 is 2.64 bits per heavy atom. The number of rotatable bonds is 6. The molecule has 3 aromatic rings. The minimum absolute atomic E-state index is 0.0862. The Bertz CT molecular complexity index is 1270. The van der Waals surface area contributed by atoms with Crippen LogP contribution in [0.4, 0.5) is 0 Å². The fraction of sp³-hybridized carbons (Fsp3) is 0.360. The number of nitrogens with one attached hydrogen (secondary N) is 1. The van der Waals surface area contributed by atoms with Gasteiger partial charge in [-0.05, 0) is 24.5 Å². The van der Waals surface area contributed by atoms with Crippen LogP contribution in [0.2, 0.25) is 0 Å². The third-order valence-corrected chi connectivity index (χ3v) is 6.54. The summed E-state index contributed by atoms with van der Waals surface area (Å²) < 4.78 is 3.13.